The van der Waals surface area contributed by atoms with Crippen molar-refractivity contribution in [1.29, 1.82) is 0 Å². The van der Waals surface area contributed by atoms with Crippen molar-refractivity contribution < 1.29 is 18.3 Å². The highest BCUT2D eigenvalue weighted by molar-refractivity contribution is 7.23. The molecule has 45 heavy (non-hydrogen) atoms. The minimum atomic E-state index is -0.271. The van der Waals surface area contributed by atoms with Gasteiger partial charge in [0.25, 0.3) is 5.91 Å². The van der Waals surface area contributed by atoms with Gasteiger partial charge in [-0.05, 0) is 79.7 Å². The topological polar surface area (TPSA) is 106 Å². The SMILES string of the molecule is Cc1nnc(-c2c(CCC3CCOCC3)nc3c(c2-c2cc4ccnc(NCc5cccc(F)c5)c4s2)C(=O)N2CCC[C@@H]32)o1. The molecule has 1 aromatic carbocycles. The molecule has 3 aliphatic rings. The number of rotatable bonds is 8. The molecule has 2 fully saturated rings. The Morgan fingerprint density at radius 2 is 1.98 bits per heavy atom. The first-order chi connectivity index (χ1) is 22.0. The molecule has 0 radical (unpaired) electrons. The highest BCUT2D eigenvalue weighted by Gasteiger charge is 2.45. The number of aromatic nitrogens is 4. The van der Waals surface area contributed by atoms with Gasteiger partial charge in [-0.3, -0.25) is 9.78 Å². The Balaban J connectivity index is 1.28. The van der Waals surface area contributed by atoms with Crippen LogP contribution in [0.2, 0.25) is 0 Å². The van der Waals surface area contributed by atoms with E-state index in [9.17, 15) is 9.18 Å². The van der Waals surface area contributed by atoms with E-state index in [0.717, 1.165) is 101 Å². The Bertz CT molecular complexity index is 1920. The number of benzene rings is 1. The number of amides is 1. The van der Waals surface area contributed by atoms with Crippen molar-refractivity contribution in [2.24, 2.45) is 5.92 Å². The Morgan fingerprint density at radius 1 is 1.09 bits per heavy atom. The third kappa shape index (κ3) is 5.17. The van der Waals surface area contributed by atoms with E-state index in [1.807, 2.05) is 17.0 Å². The second-order valence-electron chi connectivity index (χ2n) is 12.1. The van der Waals surface area contributed by atoms with E-state index in [1.165, 1.54) is 12.1 Å². The quantitative estimate of drug-likeness (QED) is 0.195. The number of thiophene rings is 1. The highest BCUT2D eigenvalue weighted by Crippen LogP contribution is 2.50. The summed E-state index contributed by atoms with van der Waals surface area (Å²) in [5.74, 6) is 1.86. The lowest BCUT2D eigenvalue weighted by molar-refractivity contribution is 0.0639. The summed E-state index contributed by atoms with van der Waals surface area (Å²) >= 11 is 1.58. The molecule has 9 nitrogen and oxygen atoms in total. The van der Waals surface area contributed by atoms with Crippen LogP contribution < -0.4 is 5.32 Å². The molecule has 1 N–H and O–H groups in total. The van der Waals surface area contributed by atoms with Crippen LogP contribution in [0.5, 0.6) is 0 Å². The molecule has 1 amide bonds. The number of nitrogens with one attached hydrogen (secondary N) is 1. The first-order valence-corrected chi connectivity index (χ1v) is 16.5. The van der Waals surface area contributed by atoms with Crippen molar-refractivity contribution in [2.45, 2.75) is 58.0 Å². The fraction of sp³-hybridized carbons (Fsp3) is 0.382. The standard InChI is InChI=1S/C34H33FN6O3S/c1-19-39-40-33(44-19)27-24(8-7-20-10-14-43-15-11-20)38-30-25-6-3-13-41(25)34(42)29(30)28(27)26-17-22-9-12-36-32(31(22)45-26)37-18-21-4-2-5-23(35)16-21/h2,4-5,9,12,16-17,20,25H,3,6-8,10-11,13-15,18H2,1H3,(H,36,37)/t25-/m0/s1. The monoisotopic (exact) mass is 624 g/mol. The van der Waals surface area contributed by atoms with Crippen LogP contribution in [0, 0.1) is 18.7 Å². The number of halogens is 1. The minimum absolute atomic E-state index is 0.00825. The zero-order chi connectivity index (χ0) is 30.5. The number of carbonyl (C=O) groups is 1. The Hall–Kier alpha value is -4.22. The van der Waals surface area contributed by atoms with E-state index in [2.05, 4.69) is 26.6 Å². The molecule has 5 aromatic rings. The van der Waals surface area contributed by atoms with Crippen LogP contribution in [0.25, 0.3) is 32.0 Å². The smallest absolute Gasteiger partial charge is 0.257 e. The number of nitrogens with zero attached hydrogens (tertiary/aromatic N) is 5. The van der Waals surface area contributed by atoms with E-state index in [1.54, 1.807) is 30.5 Å². The second-order valence-corrected chi connectivity index (χ2v) is 13.2. The van der Waals surface area contributed by atoms with Gasteiger partial charge in [-0.1, -0.05) is 12.1 Å². The summed E-state index contributed by atoms with van der Waals surface area (Å²) in [6.07, 6.45) is 7.45. The van der Waals surface area contributed by atoms with Crippen molar-refractivity contribution in [3.63, 3.8) is 0 Å². The summed E-state index contributed by atoms with van der Waals surface area (Å²) in [4.78, 5) is 26.9. The summed E-state index contributed by atoms with van der Waals surface area (Å²) in [5, 5.41) is 13.0. The van der Waals surface area contributed by atoms with Crippen LogP contribution >= 0.6 is 11.3 Å². The van der Waals surface area contributed by atoms with E-state index in [-0.39, 0.29) is 17.8 Å². The van der Waals surface area contributed by atoms with E-state index < -0.39 is 0 Å². The molecule has 230 valence electrons. The van der Waals surface area contributed by atoms with Crippen molar-refractivity contribution in [3.05, 3.63) is 76.8 Å². The number of pyridine rings is 2. The maximum absolute atomic E-state index is 14.1. The van der Waals surface area contributed by atoms with Gasteiger partial charge in [0.05, 0.1) is 33.3 Å². The average molecular weight is 625 g/mol. The van der Waals surface area contributed by atoms with Gasteiger partial charge in [-0.25, -0.2) is 9.37 Å². The van der Waals surface area contributed by atoms with Gasteiger partial charge in [-0.2, -0.15) is 0 Å². The van der Waals surface area contributed by atoms with Crippen LogP contribution in [0.1, 0.15) is 71.3 Å². The third-order valence-electron chi connectivity index (χ3n) is 9.24. The van der Waals surface area contributed by atoms with Gasteiger partial charge in [0, 0.05) is 49.9 Å². The van der Waals surface area contributed by atoms with Gasteiger partial charge in [0.1, 0.15) is 11.6 Å². The third-order valence-corrected chi connectivity index (χ3v) is 10.4. The number of hydrogen-bond donors (Lipinski definition) is 1. The second kappa shape index (κ2) is 11.6. The molecule has 0 saturated carbocycles. The van der Waals surface area contributed by atoms with Gasteiger partial charge >= 0.3 is 0 Å². The molecule has 8 rings (SSSR count). The summed E-state index contributed by atoms with van der Waals surface area (Å²) in [7, 11) is 0. The van der Waals surface area contributed by atoms with Gasteiger partial charge in [0.2, 0.25) is 11.8 Å². The van der Waals surface area contributed by atoms with Crippen LogP contribution in [0.4, 0.5) is 10.2 Å². The largest absolute Gasteiger partial charge is 0.421 e. The first-order valence-electron chi connectivity index (χ1n) is 15.7. The van der Waals surface area contributed by atoms with Gasteiger partial charge in [0.15, 0.2) is 0 Å². The van der Waals surface area contributed by atoms with Gasteiger partial charge < -0.3 is 19.4 Å². The van der Waals surface area contributed by atoms with E-state index >= 15 is 0 Å². The molecular weight excluding hydrogens is 591 g/mol. The molecule has 4 aromatic heterocycles. The lowest BCUT2D eigenvalue weighted by Crippen LogP contribution is -2.22. The molecule has 2 saturated heterocycles. The zero-order valence-corrected chi connectivity index (χ0v) is 25.8. The normalized spacial score (nSPS) is 18.1. The molecule has 1 atom stereocenters. The molecule has 3 aliphatic heterocycles. The molecule has 0 unspecified atom stereocenters. The number of anilines is 1. The number of fused-ring (bicyclic) bond motifs is 4. The lowest BCUT2D eigenvalue weighted by Gasteiger charge is -2.22. The fourth-order valence-electron chi connectivity index (χ4n) is 7.03. The van der Waals surface area contributed by atoms with Crippen LogP contribution in [0.15, 0.2) is 47.0 Å². The number of ether oxygens (including phenoxy) is 1. The summed E-state index contributed by atoms with van der Waals surface area (Å²) in [6, 6.07) is 10.6. The van der Waals surface area contributed by atoms with Crippen molar-refractivity contribution >= 4 is 33.1 Å². The zero-order valence-electron chi connectivity index (χ0n) is 25.0. The first kappa shape index (κ1) is 28.3. The fourth-order valence-corrected chi connectivity index (χ4v) is 8.21. The van der Waals surface area contributed by atoms with E-state index in [4.69, 9.17) is 14.1 Å². The molecule has 0 spiro atoms. The van der Waals surface area contributed by atoms with Crippen LogP contribution in [-0.4, -0.2) is 50.7 Å². The summed E-state index contributed by atoms with van der Waals surface area (Å²) < 4.78 is 26.5. The number of aryl methyl sites for hydroxylation is 2. The maximum Gasteiger partial charge on any atom is 0.257 e. The summed E-state index contributed by atoms with van der Waals surface area (Å²) in [5.41, 5.74) is 4.82. The number of carbonyl (C=O) groups excluding carboxylic acids is 1. The lowest BCUT2D eigenvalue weighted by atomic mass is 9.90. The molecular formula is C34H33FN6O3S. The van der Waals surface area contributed by atoms with Crippen molar-refractivity contribution in [3.8, 4) is 21.9 Å². The minimum Gasteiger partial charge on any atom is -0.421 e. The van der Waals surface area contributed by atoms with Crippen LogP contribution in [-0.2, 0) is 17.7 Å². The Labute approximate surface area is 263 Å². The highest BCUT2D eigenvalue weighted by atomic mass is 32.1. The van der Waals surface area contributed by atoms with Crippen molar-refractivity contribution in [1.82, 2.24) is 25.1 Å². The maximum atomic E-state index is 14.1. The predicted molar refractivity (Wildman–Crippen MR) is 169 cm³/mol. The summed E-state index contributed by atoms with van der Waals surface area (Å²) in [6.45, 7) is 4.53. The van der Waals surface area contributed by atoms with E-state index in [0.29, 0.717) is 35.6 Å². The Morgan fingerprint density at radius 3 is 2.80 bits per heavy atom. The Kier molecular flexibility index (Phi) is 7.29. The number of hydrogen-bond acceptors (Lipinski definition) is 9. The predicted octanol–water partition coefficient (Wildman–Crippen LogP) is 7.12. The molecule has 0 aliphatic carbocycles. The van der Waals surface area contributed by atoms with Crippen LogP contribution in [0.3, 0.4) is 0 Å². The average Bonchev–Trinajstić information content (AvgIpc) is 3.85. The molecule has 7 heterocycles. The van der Waals surface area contributed by atoms with Gasteiger partial charge in [-0.15, -0.1) is 21.5 Å². The molecule has 0 bridgehead atoms. The molecule has 11 heteroatoms. The van der Waals surface area contributed by atoms with Crippen molar-refractivity contribution in [2.75, 3.05) is 25.1 Å².